The molecule has 0 saturated heterocycles. The molecule has 2 aromatic rings. The number of fused-ring (bicyclic) bond motifs is 3. The molecule has 1 aliphatic heterocycles. The first-order valence-electron chi connectivity index (χ1n) is 10.2. The minimum Gasteiger partial charge on any atom is -0.474 e. The summed E-state index contributed by atoms with van der Waals surface area (Å²) in [6, 6.07) is 1.51. The molecule has 160 valence electrons. The fraction of sp³-hybridized carbons (Fsp3) is 0.500. The second kappa shape index (κ2) is 7.05. The van der Waals surface area contributed by atoms with Crippen molar-refractivity contribution in [2.75, 3.05) is 11.9 Å². The van der Waals surface area contributed by atoms with E-state index in [4.69, 9.17) is 9.88 Å². The Balaban J connectivity index is 1.47. The Hall–Kier alpha value is -2.46. The number of aryl methyl sites for hydroxylation is 1. The van der Waals surface area contributed by atoms with Gasteiger partial charge in [-0.3, -0.25) is 0 Å². The maximum absolute atomic E-state index is 13.5. The molecule has 8 nitrogen and oxygen atoms in total. The molecule has 1 aromatic carbocycles. The predicted molar refractivity (Wildman–Crippen MR) is 110 cm³/mol. The van der Waals surface area contributed by atoms with E-state index in [1.54, 1.807) is 0 Å². The lowest BCUT2D eigenvalue weighted by Crippen LogP contribution is -2.28. The molecular formula is C20H24FN5O3S. The van der Waals surface area contributed by atoms with E-state index in [2.05, 4.69) is 27.8 Å². The largest absolute Gasteiger partial charge is 0.474 e. The normalized spacial score (nSPS) is 23.7. The molecular weight excluding hydrogens is 409 g/mol. The van der Waals surface area contributed by atoms with Gasteiger partial charge in [0.2, 0.25) is 5.88 Å². The molecule has 3 N–H and O–H groups in total. The highest BCUT2D eigenvalue weighted by Gasteiger charge is 2.30. The number of hydrogen-bond donors (Lipinski definition) is 2. The Labute approximate surface area is 174 Å². The number of alkyl halides is 1. The van der Waals surface area contributed by atoms with Gasteiger partial charge < -0.3 is 10.1 Å². The number of anilines is 1. The van der Waals surface area contributed by atoms with Crippen LogP contribution in [0.4, 0.5) is 14.9 Å². The molecule has 2 aliphatic carbocycles. The molecule has 2 heterocycles. The first-order chi connectivity index (χ1) is 14.3. The van der Waals surface area contributed by atoms with E-state index in [0.29, 0.717) is 5.92 Å². The second-order valence-corrected chi connectivity index (χ2v) is 10.1. The van der Waals surface area contributed by atoms with Crippen LogP contribution in [0.15, 0.2) is 21.5 Å². The molecule has 3 atom stereocenters. The highest BCUT2D eigenvalue weighted by molar-refractivity contribution is 7.91. The number of urea groups is 1. The summed E-state index contributed by atoms with van der Waals surface area (Å²) in [7, 11) is -3.60. The number of hydrogen-bond acceptors (Lipinski definition) is 4. The number of rotatable bonds is 2. The van der Waals surface area contributed by atoms with Crippen molar-refractivity contribution in [2.45, 2.75) is 56.6 Å². The van der Waals surface area contributed by atoms with Crippen LogP contribution < -0.4 is 15.2 Å². The van der Waals surface area contributed by atoms with Gasteiger partial charge in [0.05, 0.1) is 12.7 Å². The van der Waals surface area contributed by atoms with Crippen molar-refractivity contribution in [3.63, 3.8) is 0 Å². The first-order valence-corrected chi connectivity index (χ1v) is 11.7. The van der Waals surface area contributed by atoms with Crippen molar-refractivity contribution in [1.29, 1.82) is 0 Å². The predicted octanol–water partition coefficient (Wildman–Crippen LogP) is 2.77. The standard InChI is InChI=1S/C20H24FN5O3S/c1-11-5-13-7-12-3-2-4-15(12)18(16(13)6-11)24-20(27)25-30(22,28)17-8-23-26-9-14(21)10-29-19(17)26/h7-8,11,14H,2-6,9-10H2,1H3,(H3,22,24,25,27,28)/t11-,14+,30-/m1/s1. The summed E-state index contributed by atoms with van der Waals surface area (Å²) in [5, 5.41) is 12.8. The average molecular weight is 434 g/mol. The van der Waals surface area contributed by atoms with Crippen molar-refractivity contribution in [1.82, 2.24) is 9.78 Å². The van der Waals surface area contributed by atoms with Crippen molar-refractivity contribution in [2.24, 2.45) is 15.4 Å². The fourth-order valence-corrected chi connectivity index (χ4v) is 5.76. The zero-order valence-electron chi connectivity index (χ0n) is 16.7. The number of amides is 2. The lowest BCUT2D eigenvalue weighted by atomic mass is 9.99. The SMILES string of the molecule is C[C@@H]1Cc2cc3c(c(NC(=O)N=[S@@](N)(=O)c4cnn5c4OC[C@@H](F)C5)c2C1)CCC3. The maximum atomic E-state index is 13.5. The Morgan fingerprint density at radius 3 is 3.03 bits per heavy atom. The summed E-state index contributed by atoms with van der Waals surface area (Å²) in [6.07, 6.45) is 4.86. The third-order valence-electron chi connectivity index (χ3n) is 6.02. The number of carbonyl (C=O) groups is 1. The molecule has 0 saturated carbocycles. The molecule has 0 radical (unpaired) electrons. The quantitative estimate of drug-likeness (QED) is 0.758. The summed E-state index contributed by atoms with van der Waals surface area (Å²) in [5.74, 6) is 0.618. The van der Waals surface area contributed by atoms with Crippen molar-refractivity contribution in [3.8, 4) is 5.88 Å². The summed E-state index contributed by atoms with van der Waals surface area (Å²) in [4.78, 5) is 12.8. The lowest BCUT2D eigenvalue weighted by Gasteiger charge is -2.19. The van der Waals surface area contributed by atoms with Crippen molar-refractivity contribution < 1.29 is 18.1 Å². The van der Waals surface area contributed by atoms with Crippen LogP contribution in [-0.4, -0.2) is 32.8 Å². The number of nitrogens with two attached hydrogens (primary N) is 1. The minimum atomic E-state index is -3.60. The summed E-state index contributed by atoms with van der Waals surface area (Å²) >= 11 is 0. The van der Waals surface area contributed by atoms with E-state index in [1.165, 1.54) is 22.0 Å². The maximum Gasteiger partial charge on any atom is 0.354 e. The Morgan fingerprint density at radius 2 is 2.20 bits per heavy atom. The lowest BCUT2D eigenvalue weighted by molar-refractivity contribution is 0.122. The van der Waals surface area contributed by atoms with Crippen LogP contribution in [0.5, 0.6) is 5.88 Å². The molecule has 0 bridgehead atoms. The number of nitrogens with zero attached hydrogens (tertiary/aromatic N) is 3. The van der Waals surface area contributed by atoms with Crippen molar-refractivity contribution in [3.05, 3.63) is 34.5 Å². The van der Waals surface area contributed by atoms with Crippen LogP contribution in [0, 0.1) is 5.92 Å². The molecule has 1 aromatic heterocycles. The third-order valence-corrected chi connectivity index (χ3v) is 7.37. The van der Waals surface area contributed by atoms with Gasteiger partial charge in [-0.25, -0.2) is 23.2 Å². The Kier molecular flexibility index (Phi) is 4.59. The van der Waals surface area contributed by atoms with Gasteiger partial charge >= 0.3 is 6.03 Å². The summed E-state index contributed by atoms with van der Waals surface area (Å²) < 4.78 is 36.9. The topological polar surface area (TPSA) is 112 Å². The van der Waals surface area contributed by atoms with Crippen LogP contribution in [0.1, 0.15) is 35.6 Å². The van der Waals surface area contributed by atoms with Gasteiger partial charge in [0, 0.05) is 5.69 Å². The van der Waals surface area contributed by atoms with Crippen LogP contribution in [0.2, 0.25) is 0 Å². The second-order valence-electron chi connectivity index (χ2n) is 8.39. The molecule has 0 spiro atoms. The van der Waals surface area contributed by atoms with E-state index in [-0.39, 0.29) is 23.9 Å². The monoisotopic (exact) mass is 433 g/mol. The molecule has 0 fully saturated rings. The van der Waals surface area contributed by atoms with Gasteiger partial charge in [-0.15, -0.1) is 4.36 Å². The Morgan fingerprint density at radius 1 is 1.37 bits per heavy atom. The Bertz CT molecular complexity index is 1170. The van der Waals surface area contributed by atoms with Crippen LogP contribution in [-0.2, 0) is 42.1 Å². The average Bonchev–Trinajstić information content (AvgIpc) is 3.37. The molecule has 10 heteroatoms. The number of aromatic nitrogens is 2. The highest BCUT2D eigenvalue weighted by Crippen LogP contribution is 2.40. The van der Waals surface area contributed by atoms with E-state index in [1.807, 2.05) is 0 Å². The fourth-order valence-electron chi connectivity index (χ4n) is 4.76. The van der Waals surface area contributed by atoms with Crippen LogP contribution in [0.25, 0.3) is 0 Å². The first kappa shape index (κ1) is 19.5. The van der Waals surface area contributed by atoms with E-state index in [9.17, 15) is 13.4 Å². The van der Waals surface area contributed by atoms with E-state index < -0.39 is 22.1 Å². The van der Waals surface area contributed by atoms with Gasteiger partial charge in [-0.1, -0.05) is 13.0 Å². The van der Waals surface area contributed by atoms with Gasteiger partial charge in [0.15, 0.2) is 16.1 Å². The number of carbonyl (C=O) groups excluding carboxylic acids is 1. The van der Waals surface area contributed by atoms with Crippen LogP contribution in [0.3, 0.4) is 0 Å². The van der Waals surface area contributed by atoms with Crippen molar-refractivity contribution >= 4 is 21.6 Å². The summed E-state index contributed by atoms with van der Waals surface area (Å²) in [6.45, 7) is 2.00. The van der Waals surface area contributed by atoms with E-state index >= 15 is 0 Å². The number of halogens is 1. The van der Waals surface area contributed by atoms with Gasteiger partial charge in [0.1, 0.15) is 11.5 Å². The number of ether oxygens (including phenoxy) is 1. The molecule has 3 aliphatic rings. The smallest absolute Gasteiger partial charge is 0.354 e. The summed E-state index contributed by atoms with van der Waals surface area (Å²) in [5.41, 5.74) is 5.64. The van der Waals surface area contributed by atoms with Crippen LogP contribution >= 0.6 is 0 Å². The molecule has 5 rings (SSSR count). The number of nitrogens with one attached hydrogen (secondary N) is 1. The molecule has 2 amide bonds. The van der Waals surface area contributed by atoms with E-state index in [0.717, 1.165) is 48.9 Å². The molecule has 30 heavy (non-hydrogen) atoms. The number of benzene rings is 1. The zero-order chi connectivity index (χ0) is 21.0. The molecule has 0 unspecified atom stereocenters. The van der Waals surface area contributed by atoms with Gasteiger partial charge in [-0.2, -0.15) is 5.10 Å². The van der Waals surface area contributed by atoms with Gasteiger partial charge in [-0.05, 0) is 60.3 Å². The zero-order valence-corrected chi connectivity index (χ0v) is 17.5. The minimum absolute atomic E-state index is 0.00157. The van der Waals surface area contributed by atoms with Gasteiger partial charge in [0.25, 0.3) is 0 Å². The third kappa shape index (κ3) is 3.27. The highest BCUT2D eigenvalue weighted by atomic mass is 32.2.